The van der Waals surface area contributed by atoms with Crippen LogP contribution in [0.5, 0.6) is 0 Å². The molecule has 0 unspecified atom stereocenters. The van der Waals surface area contributed by atoms with Gasteiger partial charge in [0, 0.05) is 25.1 Å². The number of anilines is 1. The zero-order valence-corrected chi connectivity index (χ0v) is 14.5. The maximum absolute atomic E-state index is 12.0. The van der Waals surface area contributed by atoms with Crippen LogP contribution in [0.25, 0.3) is 0 Å². The predicted octanol–water partition coefficient (Wildman–Crippen LogP) is 3.95. The number of nitrogens with one attached hydrogen (secondary N) is 1. The van der Waals surface area contributed by atoms with Crippen molar-refractivity contribution in [3.8, 4) is 0 Å². The lowest BCUT2D eigenvalue weighted by atomic mass is 10.1. The van der Waals surface area contributed by atoms with E-state index < -0.39 is 0 Å². The van der Waals surface area contributed by atoms with E-state index in [0.717, 1.165) is 12.2 Å². The van der Waals surface area contributed by atoms with E-state index in [2.05, 4.69) is 22.3 Å². The first kappa shape index (κ1) is 16.9. The minimum absolute atomic E-state index is 0.0288. The van der Waals surface area contributed by atoms with Gasteiger partial charge in [-0.15, -0.1) is 11.3 Å². The molecule has 0 spiro atoms. The summed E-state index contributed by atoms with van der Waals surface area (Å²) < 4.78 is 0. The van der Waals surface area contributed by atoms with Crippen molar-refractivity contribution in [3.63, 3.8) is 0 Å². The van der Waals surface area contributed by atoms with Gasteiger partial charge in [-0.3, -0.25) is 14.5 Å². The van der Waals surface area contributed by atoms with Crippen molar-refractivity contribution in [2.45, 2.75) is 32.2 Å². The van der Waals surface area contributed by atoms with Crippen LogP contribution < -0.4 is 5.32 Å². The molecule has 1 N–H and O–H groups in total. The summed E-state index contributed by atoms with van der Waals surface area (Å²) in [6.45, 7) is 3.33. The second kappa shape index (κ2) is 8.22. The van der Waals surface area contributed by atoms with Crippen LogP contribution >= 0.6 is 11.3 Å². The van der Waals surface area contributed by atoms with Crippen molar-refractivity contribution in [3.05, 3.63) is 52.2 Å². The molecule has 0 radical (unpaired) electrons. The molecule has 0 saturated carbocycles. The van der Waals surface area contributed by atoms with E-state index in [4.69, 9.17) is 0 Å². The van der Waals surface area contributed by atoms with Crippen LogP contribution in [0.1, 0.15) is 40.9 Å². The fraction of sp³-hybridized carbons (Fsp3) is 0.368. The fourth-order valence-corrected chi connectivity index (χ4v) is 3.60. The van der Waals surface area contributed by atoms with E-state index in [1.807, 2.05) is 23.6 Å². The number of nitrogens with zero attached hydrogens (tertiary/aromatic N) is 1. The third-order valence-corrected chi connectivity index (χ3v) is 5.13. The van der Waals surface area contributed by atoms with Gasteiger partial charge in [-0.05, 0) is 55.1 Å². The monoisotopic (exact) mass is 342 g/mol. The molecule has 1 aliphatic rings. The van der Waals surface area contributed by atoms with Crippen molar-refractivity contribution in [2.75, 3.05) is 18.4 Å². The lowest BCUT2D eigenvalue weighted by molar-refractivity contribution is -0.116. The minimum Gasteiger partial charge on any atom is -0.326 e. The molecule has 4 nitrogen and oxygen atoms in total. The summed E-state index contributed by atoms with van der Waals surface area (Å²) >= 11 is 1.42. The summed E-state index contributed by atoms with van der Waals surface area (Å²) in [6, 6.07) is 11.6. The molecule has 5 heteroatoms. The Bertz CT molecular complexity index is 674. The molecular formula is C19H22N2O2S. The molecule has 1 amide bonds. The van der Waals surface area contributed by atoms with E-state index in [9.17, 15) is 9.59 Å². The Kier molecular flexibility index (Phi) is 5.77. The SMILES string of the molecule is O=C(CCC(=O)c1cccs1)Nc1ccc(CN2CCCC2)cc1. The Morgan fingerprint density at radius 2 is 1.79 bits per heavy atom. The van der Waals surface area contributed by atoms with E-state index >= 15 is 0 Å². The summed E-state index contributed by atoms with van der Waals surface area (Å²) in [5.41, 5.74) is 2.05. The Labute approximate surface area is 146 Å². The number of hydrogen-bond acceptors (Lipinski definition) is 4. The number of thiophene rings is 1. The van der Waals surface area contributed by atoms with Crippen LogP contribution in [-0.4, -0.2) is 29.7 Å². The van der Waals surface area contributed by atoms with Gasteiger partial charge in [0.2, 0.25) is 5.91 Å². The molecule has 0 atom stereocenters. The second-order valence-electron chi connectivity index (χ2n) is 6.13. The number of ketones is 1. The van der Waals surface area contributed by atoms with E-state index in [1.165, 1.54) is 42.8 Å². The van der Waals surface area contributed by atoms with Crippen molar-refractivity contribution in [1.82, 2.24) is 4.90 Å². The van der Waals surface area contributed by atoms with Crippen LogP contribution in [0.2, 0.25) is 0 Å². The molecule has 2 aromatic rings. The highest BCUT2D eigenvalue weighted by Gasteiger charge is 2.12. The lowest BCUT2D eigenvalue weighted by Gasteiger charge is -2.14. The Morgan fingerprint density at radius 1 is 1.04 bits per heavy atom. The predicted molar refractivity (Wildman–Crippen MR) is 97.5 cm³/mol. The van der Waals surface area contributed by atoms with Gasteiger partial charge in [-0.25, -0.2) is 0 Å². The van der Waals surface area contributed by atoms with Gasteiger partial charge in [0.05, 0.1) is 4.88 Å². The van der Waals surface area contributed by atoms with Crippen LogP contribution in [0.3, 0.4) is 0 Å². The summed E-state index contributed by atoms with van der Waals surface area (Å²) in [6.07, 6.45) is 3.04. The molecule has 24 heavy (non-hydrogen) atoms. The van der Waals surface area contributed by atoms with E-state index in [0.29, 0.717) is 4.88 Å². The van der Waals surface area contributed by atoms with Crippen LogP contribution in [0, 0.1) is 0 Å². The van der Waals surface area contributed by atoms with Gasteiger partial charge >= 0.3 is 0 Å². The highest BCUT2D eigenvalue weighted by molar-refractivity contribution is 7.12. The maximum Gasteiger partial charge on any atom is 0.224 e. The number of carbonyl (C=O) groups excluding carboxylic acids is 2. The standard InChI is InChI=1S/C19H22N2O2S/c22-17(18-4-3-13-24-18)9-10-19(23)20-16-7-5-15(6-8-16)14-21-11-1-2-12-21/h3-8,13H,1-2,9-12,14H2,(H,20,23). The largest absolute Gasteiger partial charge is 0.326 e. The molecule has 1 aromatic heterocycles. The third kappa shape index (κ3) is 4.76. The van der Waals surface area contributed by atoms with Crippen molar-refractivity contribution < 1.29 is 9.59 Å². The van der Waals surface area contributed by atoms with Crippen molar-refractivity contribution >= 4 is 28.7 Å². The molecular weight excluding hydrogens is 320 g/mol. The quantitative estimate of drug-likeness (QED) is 0.775. The van der Waals surface area contributed by atoms with Gasteiger partial charge < -0.3 is 5.32 Å². The number of hydrogen-bond donors (Lipinski definition) is 1. The summed E-state index contributed by atoms with van der Waals surface area (Å²) in [4.78, 5) is 27.0. The topological polar surface area (TPSA) is 49.4 Å². The first-order chi connectivity index (χ1) is 11.7. The molecule has 0 bridgehead atoms. The molecule has 2 heterocycles. The van der Waals surface area contributed by atoms with Crippen molar-refractivity contribution in [2.24, 2.45) is 0 Å². The number of amides is 1. The van der Waals surface area contributed by atoms with Crippen LogP contribution in [0.4, 0.5) is 5.69 Å². The first-order valence-corrected chi connectivity index (χ1v) is 9.26. The van der Waals surface area contributed by atoms with Gasteiger partial charge in [0.15, 0.2) is 5.78 Å². The molecule has 1 saturated heterocycles. The van der Waals surface area contributed by atoms with Gasteiger partial charge in [-0.1, -0.05) is 18.2 Å². The Balaban J connectivity index is 1.44. The number of rotatable bonds is 7. The number of carbonyl (C=O) groups is 2. The second-order valence-corrected chi connectivity index (χ2v) is 7.08. The Morgan fingerprint density at radius 3 is 2.46 bits per heavy atom. The molecule has 126 valence electrons. The highest BCUT2D eigenvalue weighted by atomic mass is 32.1. The number of benzene rings is 1. The summed E-state index contributed by atoms with van der Waals surface area (Å²) in [5, 5.41) is 4.73. The van der Waals surface area contributed by atoms with Gasteiger partial charge in [-0.2, -0.15) is 0 Å². The van der Waals surface area contributed by atoms with Gasteiger partial charge in [0.1, 0.15) is 0 Å². The van der Waals surface area contributed by atoms with E-state index in [-0.39, 0.29) is 24.5 Å². The highest BCUT2D eigenvalue weighted by Crippen LogP contribution is 2.16. The van der Waals surface area contributed by atoms with E-state index in [1.54, 1.807) is 6.07 Å². The Hall–Kier alpha value is -1.98. The minimum atomic E-state index is -0.118. The number of Topliss-reactive ketones (excluding diaryl/α,β-unsaturated/α-hetero) is 1. The van der Waals surface area contributed by atoms with Crippen LogP contribution in [0.15, 0.2) is 41.8 Å². The zero-order valence-electron chi connectivity index (χ0n) is 13.7. The zero-order chi connectivity index (χ0) is 16.8. The molecule has 1 aliphatic heterocycles. The summed E-state index contributed by atoms with van der Waals surface area (Å²) in [5.74, 6) is -0.0895. The lowest BCUT2D eigenvalue weighted by Crippen LogP contribution is -2.18. The smallest absolute Gasteiger partial charge is 0.224 e. The normalized spacial score (nSPS) is 14.7. The average Bonchev–Trinajstić information content (AvgIpc) is 3.28. The maximum atomic E-state index is 12.0. The van der Waals surface area contributed by atoms with Crippen LogP contribution in [-0.2, 0) is 11.3 Å². The number of likely N-dealkylation sites (tertiary alicyclic amines) is 1. The molecule has 3 rings (SSSR count). The van der Waals surface area contributed by atoms with Gasteiger partial charge in [0.25, 0.3) is 0 Å². The fourth-order valence-electron chi connectivity index (χ4n) is 2.90. The first-order valence-electron chi connectivity index (χ1n) is 8.38. The molecule has 1 fully saturated rings. The average molecular weight is 342 g/mol. The third-order valence-electron chi connectivity index (χ3n) is 4.22. The molecule has 1 aromatic carbocycles. The molecule has 0 aliphatic carbocycles. The summed E-state index contributed by atoms with van der Waals surface area (Å²) in [7, 11) is 0. The van der Waals surface area contributed by atoms with Crippen molar-refractivity contribution in [1.29, 1.82) is 0 Å².